The zero-order chi connectivity index (χ0) is 7.94. The third-order valence-electron chi connectivity index (χ3n) is 2.23. The van der Waals surface area contributed by atoms with Gasteiger partial charge >= 0.3 is 0 Å². The molecule has 0 N–H and O–H groups in total. The van der Waals surface area contributed by atoms with Crippen LogP contribution in [0.25, 0.3) is 0 Å². The summed E-state index contributed by atoms with van der Waals surface area (Å²) in [5.41, 5.74) is 0. The molecule has 1 saturated carbocycles. The van der Waals surface area contributed by atoms with Crippen molar-refractivity contribution in [1.82, 2.24) is 0 Å². The van der Waals surface area contributed by atoms with E-state index >= 15 is 0 Å². The van der Waals surface area contributed by atoms with Gasteiger partial charge in [0, 0.05) is 12.8 Å². The lowest BCUT2D eigenvalue weighted by atomic mass is 10.0. The maximum absolute atomic E-state index is 11.1. The highest BCUT2D eigenvalue weighted by molar-refractivity contribution is 5.78. The second-order valence-electron chi connectivity index (χ2n) is 3.32. The van der Waals surface area contributed by atoms with Gasteiger partial charge in [0.2, 0.25) is 0 Å². The van der Waals surface area contributed by atoms with E-state index in [0.717, 1.165) is 25.7 Å². The minimum Gasteiger partial charge on any atom is -0.300 e. The van der Waals surface area contributed by atoms with E-state index in [1.54, 1.807) is 0 Å². The fraction of sp³-hybridized carbons (Fsp3) is 0.800. The van der Waals surface area contributed by atoms with Crippen molar-refractivity contribution in [2.24, 2.45) is 0 Å². The molecule has 0 aliphatic heterocycles. The Labute approximate surface area is 69.2 Å². The summed E-state index contributed by atoms with van der Waals surface area (Å²) in [6, 6.07) is 0. The van der Waals surface area contributed by atoms with Gasteiger partial charge in [-0.1, -0.05) is 25.7 Å². The molecule has 0 aromatic rings. The normalized spacial score (nSPS) is 23.1. The van der Waals surface area contributed by atoms with Crippen molar-refractivity contribution in [3.05, 3.63) is 6.42 Å². The molecule has 1 aliphatic carbocycles. The van der Waals surface area contributed by atoms with Gasteiger partial charge in [-0.05, 0) is 19.3 Å². The van der Waals surface area contributed by atoms with Gasteiger partial charge in [0.05, 0.1) is 0 Å². The number of hydrogen-bond donors (Lipinski definition) is 0. The van der Waals surface area contributed by atoms with Crippen molar-refractivity contribution >= 4 is 5.78 Å². The summed E-state index contributed by atoms with van der Waals surface area (Å²) >= 11 is 0. The first-order chi connectivity index (χ1) is 5.39. The van der Waals surface area contributed by atoms with E-state index in [-0.39, 0.29) is 0 Å². The second-order valence-corrected chi connectivity index (χ2v) is 3.32. The molecule has 0 heterocycles. The van der Waals surface area contributed by atoms with Crippen molar-refractivity contribution in [2.45, 2.75) is 51.4 Å². The number of ketones is 1. The number of carbonyl (C=O) groups excluding carboxylic acids is 1. The maximum atomic E-state index is 11.1. The summed E-state index contributed by atoms with van der Waals surface area (Å²) in [7, 11) is 0. The number of Topliss-reactive ketones (excluding diaryl/α,β-unsaturated/α-hetero) is 1. The zero-order valence-corrected chi connectivity index (χ0v) is 7.14. The highest BCUT2D eigenvalue weighted by Crippen LogP contribution is 2.13. The quantitative estimate of drug-likeness (QED) is 0.523. The fourth-order valence-corrected chi connectivity index (χ4v) is 1.49. The molecule has 0 bridgehead atoms. The van der Waals surface area contributed by atoms with E-state index in [0.29, 0.717) is 5.78 Å². The van der Waals surface area contributed by atoms with Gasteiger partial charge in [-0.15, -0.1) is 0 Å². The fourth-order valence-electron chi connectivity index (χ4n) is 1.49. The molecule has 0 unspecified atom stereocenters. The Bertz CT molecular complexity index is 106. The van der Waals surface area contributed by atoms with Crippen LogP contribution in [-0.2, 0) is 4.79 Å². The van der Waals surface area contributed by atoms with Crippen LogP contribution in [0, 0.1) is 6.42 Å². The molecule has 1 nitrogen and oxygen atoms in total. The smallest absolute Gasteiger partial charge is 0.132 e. The van der Waals surface area contributed by atoms with E-state index in [4.69, 9.17) is 0 Å². The second kappa shape index (κ2) is 5.34. The van der Waals surface area contributed by atoms with Gasteiger partial charge in [0.15, 0.2) is 0 Å². The lowest BCUT2D eigenvalue weighted by molar-refractivity contribution is -0.119. The summed E-state index contributed by atoms with van der Waals surface area (Å²) in [5, 5.41) is 0. The van der Waals surface area contributed by atoms with Crippen molar-refractivity contribution in [2.75, 3.05) is 0 Å². The standard InChI is InChI=1S/C10H17O/c11-10-8-6-4-2-1-3-5-7-9-10/h1H,2-9H2. The van der Waals surface area contributed by atoms with Crippen molar-refractivity contribution in [1.29, 1.82) is 0 Å². The first-order valence-electron chi connectivity index (χ1n) is 4.73. The molecule has 1 fully saturated rings. The maximum Gasteiger partial charge on any atom is 0.132 e. The third-order valence-corrected chi connectivity index (χ3v) is 2.23. The van der Waals surface area contributed by atoms with E-state index in [1.165, 1.54) is 25.7 Å². The Morgan fingerprint density at radius 2 is 1.45 bits per heavy atom. The van der Waals surface area contributed by atoms with Crippen LogP contribution < -0.4 is 0 Å². The van der Waals surface area contributed by atoms with Crippen molar-refractivity contribution < 1.29 is 4.79 Å². The van der Waals surface area contributed by atoms with Gasteiger partial charge in [-0.2, -0.15) is 0 Å². The van der Waals surface area contributed by atoms with Gasteiger partial charge in [0.1, 0.15) is 5.78 Å². The van der Waals surface area contributed by atoms with Crippen LogP contribution >= 0.6 is 0 Å². The van der Waals surface area contributed by atoms with Crippen molar-refractivity contribution in [3.63, 3.8) is 0 Å². The van der Waals surface area contributed by atoms with Crippen LogP contribution in [-0.4, -0.2) is 5.78 Å². The minimum atomic E-state index is 0.479. The van der Waals surface area contributed by atoms with E-state index < -0.39 is 0 Å². The van der Waals surface area contributed by atoms with Crippen LogP contribution in [0.2, 0.25) is 0 Å². The molecule has 0 aromatic carbocycles. The molecule has 1 rings (SSSR count). The van der Waals surface area contributed by atoms with E-state index in [9.17, 15) is 4.79 Å². The topological polar surface area (TPSA) is 17.1 Å². The predicted molar refractivity (Wildman–Crippen MR) is 46.2 cm³/mol. The average Bonchev–Trinajstić information content (AvgIpc) is 2.03. The first-order valence-corrected chi connectivity index (χ1v) is 4.73. The molecule has 0 atom stereocenters. The van der Waals surface area contributed by atoms with Crippen LogP contribution in [0.15, 0.2) is 0 Å². The predicted octanol–water partition coefficient (Wildman–Crippen LogP) is 2.89. The molecule has 0 amide bonds. The Balaban J connectivity index is 2.17. The summed E-state index contributed by atoms with van der Waals surface area (Å²) in [5.74, 6) is 0.479. The molecule has 1 heteroatoms. The largest absolute Gasteiger partial charge is 0.300 e. The molecule has 0 spiro atoms. The number of hydrogen-bond acceptors (Lipinski definition) is 1. The lowest BCUT2D eigenvalue weighted by Gasteiger charge is -2.05. The summed E-state index contributed by atoms with van der Waals surface area (Å²) in [4.78, 5) is 11.1. The molecule has 0 aromatic heterocycles. The van der Waals surface area contributed by atoms with Crippen LogP contribution in [0.1, 0.15) is 51.4 Å². The Kier molecular flexibility index (Phi) is 4.25. The highest BCUT2D eigenvalue weighted by atomic mass is 16.1. The SMILES string of the molecule is O=C1CCCC[CH]CCCC1. The van der Waals surface area contributed by atoms with Crippen LogP contribution in [0.4, 0.5) is 0 Å². The Morgan fingerprint density at radius 3 is 2.00 bits per heavy atom. The number of carbonyl (C=O) groups is 1. The molecule has 1 aliphatic rings. The highest BCUT2D eigenvalue weighted by Gasteiger charge is 2.03. The van der Waals surface area contributed by atoms with Gasteiger partial charge in [-0.25, -0.2) is 0 Å². The van der Waals surface area contributed by atoms with Gasteiger partial charge in [0.25, 0.3) is 0 Å². The number of rotatable bonds is 0. The monoisotopic (exact) mass is 153 g/mol. The van der Waals surface area contributed by atoms with E-state index in [1.807, 2.05) is 0 Å². The van der Waals surface area contributed by atoms with E-state index in [2.05, 4.69) is 6.42 Å². The summed E-state index contributed by atoms with van der Waals surface area (Å²) in [6.07, 6.45) is 11.1. The molecule has 11 heavy (non-hydrogen) atoms. The van der Waals surface area contributed by atoms with Crippen LogP contribution in [0.5, 0.6) is 0 Å². The minimum absolute atomic E-state index is 0.479. The molecule has 0 saturated heterocycles. The first kappa shape index (κ1) is 8.76. The molecule has 63 valence electrons. The Hall–Kier alpha value is -0.330. The van der Waals surface area contributed by atoms with Crippen LogP contribution in [0.3, 0.4) is 0 Å². The molecule has 1 radical (unpaired) electrons. The third kappa shape index (κ3) is 4.18. The average molecular weight is 153 g/mol. The van der Waals surface area contributed by atoms with Gasteiger partial charge < -0.3 is 0 Å². The van der Waals surface area contributed by atoms with Crippen molar-refractivity contribution in [3.8, 4) is 0 Å². The molecular weight excluding hydrogens is 136 g/mol. The summed E-state index contributed by atoms with van der Waals surface area (Å²) in [6.45, 7) is 0. The lowest BCUT2D eigenvalue weighted by Crippen LogP contribution is -1.99. The summed E-state index contributed by atoms with van der Waals surface area (Å²) < 4.78 is 0. The Morgan fingerprint density at radius 1 is 0.909 bits per heavy atom. The molecular formula is C10H17O. The zero-order valence-electron chi connectivity index (χ0n) is 7.14. The van der Waals surface area contributed by atoms with Gasteiger partial charge in [-0.3, -0.25) is 4.79 Å².